The summed E-state index contributed by atoms with van der Waals surface area (Å²) in [6.07, 6.45) is 0. The quantitative estimate of drug-likeness (QED) is 0.390. The van der Waals surface area contributed by atoms with Crippen LogP contribution in [0, 0.1) is 23.3 Å². The van der Waals surface area contributed by atoms with Crippen molar-refractivity contribution in [2.45, 2.75) is 0 Å². The summed E-state index contributed by atoms with van der Waals surface area (Å²) in [5, 5.41) is 8.35. The summed E-state index contributed by atoms with van der Waals surface area (Å²) in [4.78, 5) is 21.2. The Balaban J connectivity index is 0.00000289. The van der Waals surface area contributed by atoms with E-state index in [4.69, 9.17) is 5.11 Å². The fraction of sp³-hybridized carbons (Fsp3) is 0.111. The number of hydrogen-bond acceptors (Lipinski definition) is 3. The maximum atomic E-state index is 13.2. The minimum atomic E-state index is -2.20. The monoisotopic (exact) mass is 316 g/mol. The number of carbonyl (C=O) groups is 2. The molecule has 0 saturated carbocycles. The largest absolute Gasteiger partial charge is 0.477 e. The molecule has 0 aliphatic rings. The number of methoxy groups -OCH3 is 1. The molecular weight excluding hydrogens is 313 g/mol. The minimum Gasteiger partial charge on any atom is -0.477 e. The Morgan fingerprint density at radius 3 is 1.56 bits per heavy atom. The van der Waals surface area contributed by atoms with Crippen LogP contribution in [0.15, 0.2) is 0 Å². The van der Waals surface area contributed by atoms with E-state index >= 15 is 0 Å². The van der Waals surface area contributed by atoms with Gasteiger partial charge in [0.2, 0.25) is 0 Å². The van der Waals surface area contributed by atoms with Crippen molar-refractivity contribution in [2.75, 3.05) is 7.11 Å². The van der Waals surface area contributed by atoms with Crippen LogP contribution in [0.2, 0.25) is 0 Å². The number of hydrogen-bond donors (Lipinski definition) is 1. The Morgan fingerprint density at radius 1 is 0.944 bits per heavy atom. The van der Waals surface area contributed by atoms with Gasteiger partial charge in [-0.05, 0) is 0 Å². The Hall–Kier alpha value is -1.50. The third-order valence-electron chi connectivity index (χ3n) is 1.87. The molecular formula is C9H4F4O4Zn. The van der Waals surface area contributed by atoms with Gasteiger partial charge in [0.1, 0.15) is 11.1 Å². The molecule has 1 aromatic carbocycles. The molecule has 0 radical (unpaired) electrons. The van der Waals surface area contributed by atoms with Crippen molar-refractivity contribution in [3.63, 3.8) is 0 Å². The third kappa shape index (κ3) is 2.50. The van der Waals surface area contributed by atoms with E-state index in [1.54, 1.807) is 0 Å². The first kappa shape index (κ1) is 16.5. The van der Waals surface area contributed by atoms with Crippen LogP contribution in [0.5, 0.6) is 0 Å². The van der Waals surface area contributed by atoms with E-state index in [-0.39, 0.29) is 19.5 Å². The van der Waals surface area contributed by atoms with Gasteiger partial charge in [-0.1, -0.05) is 0 Å². The number of aromatic carboxylic acids is 1. The molecule has 4 nitrogen and oxygen atoms in total. The van der Waals surface area contributed by atoms with Crippen LogP contribution >= 0.6 is 0 Å². The molecule has 1 aromatic rings. The number of ether oxygens (including phenoxy) is 1. The van der Waals surface area contributed by atoms with Gasteiger partial charge in [-0.2, -0.15) is 0 Å². The average molecular weight is 318 g/mol. The van der Waals surface area contributed by atoms with Crippen LogP contribution in [0.3, 0.4) is 0 Å². The number of carboxylic acid groups (broad SMARTS) is 1. The molecule has 0 atom stereocenters. The molecule has 18 heavy (non-hydrogen) atoms. The van der Waals surface area contributed by atoms with Gasteiger partial charge in [0.15, 0.2) is 23.3 Å². The molecule has 1 N–H and O–H groups in total. The summed E-state index contributed by atoms with van der Waals surface area (Å²) >= 11 is 0. The van der Waals surface area contributed by atoms with Crippen LogP contribution < -0.4 is 0 Å². The fourth-order valence-corrected chi connectivity index (χ4v) is 1.10. The van der Waals surface area contributed by atoms with Crippen LogP contribution in [-0.2, 0) is 24.2 Å². The molecule has 0 fully saturated rings. The smallest absolute Gasteiger partial charge is 0.344 e. The first-order valence-electron chi connectivity index (χ1n) is 4.00. The summed E-state index contributed by atoms with van der Waals surface area (Å²) in [6, 6.07) is 0. The van der Waals surface area contributed by atoms with E-state index in [0.717, 1.165) is 7.11 Å². The van der Waals surface area contributed by atoms with E-state index in [2.05, 4.69) is 4.74 Å². The minimum absolute atomic E-state index is 0. The van der Waals surface area contributed by atoms with Gasteiger partial charge in [0.25, 0.3) is 0 Å². The molecule has 9 heteroatoms. The Morgan fingerprint density at radius 2 is 1.28 bits per heavy atom. The molecule has 0 saturated heterocycles. The Labute approximate surface area is 110 Å². The second-order valence-corrected chi connectivity index (χ2v) is 2.80. The number of halogens is 4. The number of carbonyl (C=O) groups excluding carboxylic acids is 1. The Bertz CT molecular complexity index is 489. The molecule has 0 spiro atoms. The van der Waals surface area contributed by atoms with Gasteiger partial charge in [0, 0.05) is 19.5 Å². The van der Waals surface area contributed by atoms with Crippen molar-refractivity contribution < 1.29 is 56.5 Å². The van der Waals surface area contributed by atoms with Gasteiger partial charge in [-0.15, -0.1) is 0 Å². The predicted octanol–water partition coefficient (Wildman–Crippen LogP) is 1.73. The standard InChI is InChI=1S/C9H4F4O4.Zn/c1-17-9(16)3-6(12)4(10)2(8(14)15)5(11)7(3)13;/h1H3,(H,14,15);. The zero-order valence-electron chi connectivity index (χ0n) is 8.89. The second kappa shape index (κ2) is 5.90. The third-order valence-corrected chi connectivity index (χ3v) is 1.87. The molecule has 0 aliphatic heterocycles. The van der Waals surface area contributed by atoms with Crippen molar-refractivity contribution in [2.24, 2.45) is 0 Å². The summed E-state index contributed by atoms with van der Waals surface area (Å²) in [5.74, 6) is -12.4. The normalized spacial score (nSPS) is 9.61. The molecule has 0 aromatic heterocycles. The number of carboxylic acids is 1. The number of rotatable bonds is 2. The molecule has 0 aliphatic carbocycles. The van der Waals surface area contributed by atoms with E-state index in [1.165, 1.54) is 0 Å². The Kier molecular flexibility index (Phi) is 5.41. The van der Waals surface area contributed by atoms with Crippen molar-refractivity contribution in [3.8, 4) is 0 Å². The van der Waals surface area contributed by atoms with Crippen molar-refractivity contribution in [1.29, 1.82) is 0 Å². The van der Waals surface area contributed by atoms with Gasteiger partial charge in [-0.25, -0.2) is 27.2 Å². The van der Waals surface area contributed by atoms with E-state index in [9.17, 15) is 27.2 Å². The average Bonchev–Trinajstić information content (AvgIpc) is 2.26. The molecule has 94 valence electrons. The summed E-state index contributed by atoms with van der Waals surface area (Å²) in [6.45, 7) is 0. The molecule has 1 rings (SSSR count). The topological polar surface area (TPSA) is 63.6 Å². The number of benzene rings is 1. The fourth-order valence-electron chi connectivity index (χ4n) is 1.10. The van der Waals surface area contributed by atoms with E-state index in [0.29, 0.717) is 0 Å². The van der Waals surface area contributed by atoms with Crippen LogP contribution in [0.25, 0.3) is 0 Å². The van der Waals surface area contributed by atoms with Crippen LogP contribution in [-0.4, -0.2) is 24.2 Å². The van der Waals surface area contributed by atoms with Crippen molar-refractivity contribution in [3.05, 3.63) is 34.4 Å². The summed E-state index contributed by atoms with van der Waals surface area (Å²) < 4.78 is 56.4. The van der Waals surface area contributed by atoms with Gasteiger partial charge >= 0.3 is 11.9 Å². The zero-order valence-corrected chi connectivity index (χ0v) is 11.9. The van der Waals surface area contributed by atoms with Gasteiger partial charge in [0.05, 0.1) is 7.11 Å². The van der Waals surface area contributed by atoms with Crippen molar-refractivity contribution >= 4 is 11.9 Å². The van der Waals surface area contributed by atoms with Gasteiger partial charge < -0.3 is 9.84 Å². The summed E-state index contributed by atoms with van der Waals surface area (Å²) in [5.41, 5.74) is -3.43. The maximum Gasteiger partial charge on any atom is 0.344 e. The van der Waals surface area contributed by atoms with E-state index in [1.807, 2.05) is 0 Å². The van der Waals surface area contributed by atoms with Gasteiger partial charge in [-0.3, -0.25) is 0 Å². The summed E-state index contributed by atoms with van der Waals surface area (Å²) in [7, 11) is 0.738. The zero-order chi connectivity index (χ0) is 13.3. The first-order valence-corrected chi connectivity index (χ1v) is 4.00. The predicted molar refractivity (Wildman–Crippen MR) is 44.6 cm³/mol. The molecule has 0 bridgehead atoms. The molecule has 0 amide bonds. The first-order chi connectivity index (χ1) is 7.82. The SMILES string of the molecule is COC(=O)c1c(F)c(F)c(C(=O)O)c(F)c1F.[Zn]. The van der Waals surface area contributed by atoms with Crippen LogP contribution in [0.1, 0.15) is 20.7 Å². The molecule has 0 unspecified atom stereocenters. The van der Waals surface area contributed by atoms with E-state index < -0.39 is 46.3 Å². The number of esters is 1. The molecule has 0 heterocycles. The second-order valence-electron chi connectivity index (χ2n) is 2.80. The van der Waals surface area contributed by atoms with Crippen molar-refractivity contribution in [1.82, 2.24) is 0 Å². The maximum absolute atomic E-state index is 13.2. The van der Waals surface area contributed by atoms with Crippen LogP contribution in [0.4, 0.5) is 17.6 Å².